The monoisotopic (exact) mass is 342 g/mol. The van der Waals surface area contributed by atoms with E-state index in [1.54, 1.807) is 23.1 Å². The van der Waals surface area contributed by atoms with Crippen LogP contribution >= 0.6 is 0 Å². The molecular weight excluding hydrogens is 328 g/mol. The summed E-state index contributed by atoms with van der Waals surface area (Å²) in [7, 11) is 1.90. The first kappa shape index (κ1) is 15.6. The van der Waals surface area contributed by atoms with E-state index < -0.39 is 0 Å². The first-order valence-electron chi connectivity index (χ1n) is 7.85. The smallest absolute Gasteiger partial charge is 0.247 e. The molecule has 7 nitrogen and oxygen atoms in total. The van der Waals surface area contributed by atoms with Crippen molar-refractivity contribution < 1.29 is 4.79 Å². The summed E-state index contributed by atoms with van der Waals surface area (Å²) >= 11 is 0. The lowest BCUT2D eigenvalue weighted by molar-refractivity contribution is -0.111. The molecule has 1 N–H and O–H groups in total. The number of fused-ring (bicyclic) bond motifs is 2. The molecule has 4 rings (SSSR count). The van der Waals surface area contributed by atoms with Gasteiger partial charge < -0.3 is 9.88 Å². The molecule has 0 aromatic carbocycles. The van der Waals surface area contributed by atoms with E-state index in [9.17, 15) is 4.79 Å². The predicted octanol–water partition coefficient (Wildman–Crippen LogP) is 2.14. The molecule has 1 amide bonds. The molecule has 0 aliphatic carbocycles. The molecule has 126 valence electrons. The van der Waals surface area contributed by atoms with E-state index in [4.69, 9.17) is 0 Å². The molecule has 0 aliphatic heterocycles. The van der Waals surface area contributed by atoms with Crippen LogP contribution in [0.25, 0.3) is 16.7 Å². The average Bonchev–Trinajstić information content (AvgIpc) is 3.21. The number of nitrogens with one attached hydrogen (secondary N) is 1. The second-order valence-electron chi connectivity index (χ2n) is 5.63. The summed E-state index contributed by atoms with van der Waals surface area (Å²) in [6.45, 7) is 3.45. The largest absolute Gasteiger partial charge is 0.334 e. The van der Waals surface area contributed by atoms with Crippen molar-refractivity contribution in [2.75, 3.05) is 5.32 Å². The maximum atomic E-state index is 11.5. The highest BCUT2D eigenvalue weighted by atomic mass is 16.1. The number of rotatable bonds is 2. The van der Waals surface area contributed by atoms with Gasteiger partial charge in [-0.2, -0.15) is 5.10 Å². The number of anilines is 1. The van der Waals surface area contributed by atoms with Gasteiger partial charge in [0.2, 0.25) is 5.91 Å². The van der Waals surface area contributed by atoms with Gasteiger partial charge in [0.1, 0.15) is 11.3 Å². The fourth-order valence-corrected chi connectivity index (χ4v) is 2.67. The number of nitrogens with zero attached hydrogens (tertiary/aromatic N) is 5. The Balaban J connectivity index is 1.78. The Hall–Kier alpha value is -3.92. The molecule has 0 aliphatic rings. The van der Waals surface area contributed by atoms with Crippen LogP contribution in [0.3, 0.4) is 0 Å². The van der Waals surface area contributed by atoms with Gasteiger partial charge in [0, 0.05) is 24.8 Å². The number of aryl methyl sites for hydroxylation is 1. The van der Waals surface area contributed by atoms with Gasteiger partial charge in [-0.25, -0.2) is 14.5 Å². The first-order valence-corrected chi connectivity index (χ1v) is 7.85. The maximum absolute atomic E-state index is 11.5. The maximum Gasteiger partial charge on any atom is 0.247 e. The zero-order chi connectivity index (χ0) is 18.1. The van der Waals surface area contributed by atoms with Crippen molar-refractivity contribution in [1.82, 2.24) is 24.1 Å². The van der Waals surface area contributed by atoms with Crippen molar-refractivity contribution in [2.45, 2.75) is 0 Å². The molecule has 0 bridgehead atoms. The van der Waals surface area contributed by atoms with Crippen molar-refractivity contribution in [1.29, 1.82) is 0 Å². The fraction of sp³-hybridized carbons (Fsp3) is 0.0526. The van der Waals surface area contributed by atoms with Crippen LogP contribution in [0.15, 0.2) is 55.6 Å². The van der Waals surface area contributed by atoms with Gasteiger partial charge in [-0.05, 0) is 30.2 Å². The van der Waals surface area contributed by atoms with Crippen molar-refractivity contribution in [3.05, 3.63) is 66.9 Å². The SMILES string of the molecule is C=CC(=O)Nc1cnc2c(c1)c(C#Cc1cnc3cccnn13)cn2C. The van der Waals surface area contributed by atoms with Crippen molar-refractivity contribution >= 4 is 28.3 Å². The topological polar surface area (TPSA) is 77.1 Å². The molecule has 4 aromatic heterocycles. The Labute approximate surface area is 149 Å². The third-order valence-corrected chi connectivity index (χ3v) is 3.87. The molecular formula is C19H14N6O. The van der Waals surface area contributed by atoms with Crippen molar-refractivity contribution in [3.8, 4) is 11.8 Å². The molecule has 0 saturated carbocycles. The summed E-state index contributed by atoms with van der Waals surface area (Å²) in [5.41, 5.74) is 3.61. The quantitative estimate of drug-likeness (QED) is 0.447. The van der Waals surface area contributed by atoms with Crippen molar-refractivity contribution in [3.63, 3.8) is 0 Å². The molecule has 26 heavy (non-hydrogen) atoms. The van der Waals surface area contributed by atoms with Crippen LogP contribution in [-0.4, -0.2) is 30.1 Å². The summed E-state index contributed by atoms with van der Waals surface area (Å²) in [4.78, 5) is 20.2. The van der Waals surface area contributed by atoms with Crippen LogP contribution in [0.2, 0.25) is 0 Å². The highest BCUT2D eigenvalue weighted by Gasteiger charge is 2.08. The van der Waals surface area contributed by atoms with Gasteiger partial charge in [0.25, 0.3) is 0 Å². The van der Waals surface area contributed by atoms with Gasteiger partial charge >= 0.3 is 0 Å². The van der Waals surface area contributed by atoms with Crippen LogP contribution in [0.1, 0.15) is 11.3 Å². The second-order valence-corrected chi connectivity index (χ2v) is 5.63. The number of aromatic nitrogens is 5. The number of hydrogen-bond donors (Lipinski definition) is 1. The van der Waals surface area contributed by atoms with Crippen molar-refractivity contribution in [2.24, 2.45) is 7.05 Å². The van der Waals surface area contributed by atoms with Gasteiger partial charge in [-0.1, -0.05) is 12.5 Å². The van der Waals surface area contributed by atoms with Crippen LogP contribution in [0, 0.1) is 11.8 Å². The van der Waals surface area contributed by atoms with Crippen LogP contribution < -0.4 is 5.32 Å². The molecule has 7 heteroatoms. The number of hydrogen-bond acceptors (Lipinski definition) is 4. The number of imidazole rings is 1. The normalized spacial score (nSPS) is 10.5. The van der Waals surface area contributed by atoms with E-state index in [0.717, 1.165) is 22.2 Å². The number of carbonyl (C=O) groups excluding carboxylic acids is 1. The van der Waals surface area contributed by atoms with Crippen LogP contribution in [0.4, 0.5) is 5.69 Å². The first-order chi connectivity index (χ1) is 12.7. The molecule has 0 unspecified atom stereocenters. The number of amides is 1. The minimum absolute atomic E-state index is 0.286. The summed E-state index contributed by atoms with van der Waals surface area (Å²) < 4.78 is 3.58. The summed E-state index contributed by atoms with van der Waals surface area (Å²) in [5.74, 6) is 5.97. The molecule has 4 aromatic rings. The van der Waals surface area contributed by atoms with E-state index >= 15 is 0 Å². The standard InChI is InChI=1S/C19H14N6O/c1-3-18(26)23-14-9-16-13(12-24(2)19(16)21-10-14)6-7-15-11-20-17-5-4-8-22-25(15)17/h3-5,8-12H,1H2,2H3,(H,23,26). The molecule has 0 fully saturated rings. The zero-order valence-corrected chi connectivity index (χ0v) is 14.0. The minimum atomic E-state index is -0.286. The van der Waals surface area contributed by atoms with Gasteiger partial charge in [-0.15, -0.1) is 0 Å². The lowest BCUT2D eigenvalue weighted by Crippen LogP contribution is -2.07. The summed E-state index contributed by atoms with van der Waals surface area (Å²) in [6, 6.07) is 5.55. The fourth-order valence-electron chi connectivity index (χ4n) is 2.67. The molecule has 0 saturated heterocycles. The predicted molar refractivity (Wildman–Crippen MR) is 98.5 cm³/mol. The third kappa shape index (κ3) is 2.70. The Morgan fingerprint density at radius 2 is 2.19 bits per heavy atom. The Morgan fingerprint density at radius 1 is 1.31 bits per heavy atom. The van der Waals surface area contributed by atoms with Gasteiger partial charge in [0.15, 0.2) is 5.65 Å². The Kier molecular flexibility index (Phi) is 3.71. The Morgan fingerprint density at radius 3 is 3.04 bits per heavy atom. The van der Waals surface area contributed by atoms with Gasteiger partial charge in [0.05, 0.1) is 23.6 Å². The summed E-state index contributed by atoms with van der Waals surface area (Å²) in [6.07, 6.45) is 8.11. The van der Waals surface area contributed by atoms with Crippen LogP contribution in [0.5, 0.6) is 0 Å². The second kappa shape index (κ2) is 6.18. The lowest BCUT2D eigenvalue weighted by atomic mass is 10.2. The highest BCUT2D eigenvalue weighted by Crippen LogP contribution is 2.21. The Bertz CT molecular complexity index is 1220. The lowest BCUT2D eigenvalue weighted by Gasteiger charge is -2.02. The molecule has 0 atom stereocenters. The number of pyridine rings is 1. The van der Waals surface area contributed by atoms with E-state index in [2.05, 4.69) is 38.8 Å². The minimum Gasteiger partial charge on any atom is -0.334 e. The number of carbonyl (C=O) groups is 1. The molecule has 0 spiro atoms. The third-order valence-electron chi connectivity index (χ3n) is 3.87. The zero-order valence-electron chi connectivity index (χ0n) is 14.0. The van der Waals surface area contributed by atoms with E-state index in [1.165, 1.54) is 6.08 Å². The summed E-state index contributed by atoms with van der Waals surface area (Å²) in [5, 5.41) is 7.82. The highest BCUT2D eigenvalue weighted by molar-refractivity contribution is 6.00. The van der Waals surface area contributed by atoms with E-state index in [-0.39, 0.29) is 5.91 Å². The van der Waals surface area contributed by atoms with Gasteiger partial charge in [-0.3, -0.25) is 4.79 Å². The van der Waals surface area contributed by atoms with Crippen LogP contribution in [-0.2, 0) is 11.8 Å². The molecule has 4 heterocycles. The van der Waals surface area contributed by atoms with E-state index in [1.807, 2.05) is 36.0 Å². The molecule has 0 radical (unpaired) electrons. The average molecular weight is 342 g/mol. The van der Waals surface area contributed by atoms with E-state index in [0.29, 0.717) is 11.4 Å².